The molecule has 5 heteroatoms. The smallest absolute Gasteiger partial charge is 0.223 e. The molecule has 1 aliphatic rings. The van der Waals surface area contributed by atoms with E-state index in [-0.39, 0.29) is 19.0 Å². The molecule has 1 saturated heterocycles. The van der Waals surface area contributed by atoms with Crippen LogP contribution in [0.3, 0.4) is 0 Å². The monoisotopic (exact) mass is 191 g/mol. The van der Waals surface area contributed by atoms with Crippen LogP contribution in [0.4, 0.5) is 0 Å². The summed E-state index contributed by atoms with van der Waals surface area (Å²) >= 11 is 3.93. The van der Waals surface area contributed by atoms with Crippen molar-refractivity contribution >= 4 is 18.5 Å². The van der Waals surface area contributed by atoms with Gasteiger partial charge in [-0.2, -0.15) is 12.6 Å². The van der Waals surface area contributed by atoms with Crippen LogP contribution in [0.5, 0.6) is 0 Å². The minimum absolute atomic E-state index is 0.0550. The van der Waals surface area contributed by atoms with Crippen LogP contribution in [0.1, 0.15) is 6.42 Å². The van der Waals surface area contributed by atoms with E-state index >= 15 is 0 Å². The Morgan fingerprint density at radius 1 is 1.42 bits per heavy atom. The van der Waals surface area contributed by atoms with E-state index in [2.05, 4.69) is 12.6 Å². The number of likely N-dealkylation sites (tertiary alicyclic amines) is 1. The molecule has 2 unspecified atom stereocenters. The molecule has 0 saturated carbocycles. The fourth-order valence-electron chi connectivity index (χ4n) is 1.23. The Morgan fingerprint density at radius 2 is 1.92 bits per heavy atom. The van der Waals surface area contributed by atoms with E-state index in [0.717, 1.165) is 0 Å². The molecular formula is C7H13NO3S. The van der Waals surface area contributed by atoms with Crippen LogP contribution in [-0.2, 0) is 4.79 Å². The van der Waals surface area contributed by atoms with Gasteiger partial charge in [-0.15, -0.1) is 0 Å². The minimum atomic E-state index is -0.783. The average molecular weight is 191 g/mol. The Labute approximate surface area is 76.6 Å². The highest BCUT2D eigenvalue weighted by Gasteiger charge is 2.31. The molecule has 1 fully saturated rings. The first-order valence-electron chi connectivity index (χ1n) is 3.90. The summed E-state index contributed by atoms with van der Waals surface area (Å²) in [5, 5.41) is 18.2. The number of rotatable bonds is 2. The van der Waals surface area contributed by atoms with E-state index in [1.54, 1.807) is 0 Å². The van der Waals surface area contributed by atoms with E-state index in [1.165, 1.54) is 4.90 Å². The predicted molar refractivity (Wildman–Crippen MR) is 47.1 cm³/mol. The summed E-state index contributed by atoms with van der Waals surface area (Å²) in [5.74, 6) is 0.447. The second-order valence-corrected chi connectivity index (χ2v) is 3.35. The first-order chi connectivity index (χ1) is 5.65. The summed E-state index contributed by atoms with van der Waals surface area (Å²) in [6, 6.07) is 0. The Balaban J connectivity index is 2.40. The Hall–Kier alpha value is -0.260. The molecule has 0 aromatic heterocycles. The van der Waals surface area contributed by atoms with Gasteiger partial charge < -0.3 is 15.1 Å². The molecular weight excluding hydrogens is 178 g/mol. The molecule has 12 heavy (non-hydrogen) atoms. The molecule has 1 rings (SSSR count). The second-order valence-electron chi connectivity index (χ2n) is 2.91. The van der Waals surface area contributed by atoms with Gasteiger partial charge in [0.25, 0.3) is 0 Å². The van der Waals surface area contributed by atoms with Crippen molar-refractivity contribution < 1.29 is 15.0 Å². The van der Waals surface area contributed by atoms with Crippen molar-refractivity contribution in [1.82, 2.24) is 4.90 Å². The Kier molecular flexibility index (Phi) is 3.37. The Bertz CT molecular complexity index is 166. The SMILES string of the molecule is O=C(CCS)N1CC(O)C(O)C1. The molecule has 1 heterocycles. The fourth-order valence-corrected chi connectivity index (χ4v) is 1.42. The van der Waals surface area contributed by atoms with Crippen LogP contribution in [-0.4, -0.2) is 52.1 Å². The number of carbonyl (C=O) groups is 1. The molecule has 0 bridgehead atoms. The average Bonchev–Trinajstić information content (AvgIpc) is 2.33. The summed E-state index contributed by atoms with van der Waals surface area (Å²) in [6.07, 6.45) is -1.20. The molecule has 0 aromatic carbocycles. The molecule has 70 valence electrons. The third kappa shape index (κ3) is 2.12. The van der Waals surface area contributed by atoms with Crippen molar-refractivity contribution in [1.29, 1.82) is 0 Å². The molecule has 0 aliphatic carbocycles. The maximum absolute atomic E-state index is 11.2. The number of amides is 1. The summed E-state index contributed by atoms with van der Waals surface area (Å²) in [4.78, 5) is 12.7. The van der Waals surface area contributed by atoms with Crippen LogP contribution in [0.15, 0.2) is 0 Å². The van der Waals surface area contributed by atoms with Crippen molar-refractivity contribution in [2.24, 2.45) is 0 Å². The van der Waals surface area contributed by atoms with Gasteiger partial charge in [-0.25, -0.2) is 0 Å². The number of hydrogen-bond donors (Lipinski definition) is 3. The lowest BCUT2D eigenvalue weighted by Crippen LogP contribution is -2.29. The number of hydrogen-bond acceptors (Lipinski definition) is 4. The van der Waals surface area contributed by atoms with E-state index < -0.39 is 12.2 Å². The molecule has 1 amide bonds. The first kappa shape index (κ1) is 9.83. The predicted octanol–water partition coefficient (Wildman–Crippen LogP) is -1.13. The topological polar surface area (TPSA) is 60.8 Å². The molecule has 4 nitrogen and oxygen atoms in total. The maximum Gasteiger partial charge on any atom is 0.223 e. The first-order valence-corrected chi connectivity index (χ1v) is 4.53. The number of carbonyl (C=O) groups excluding carboxylic acids is 1. The lowest BCUT2D eigenvalue weighted by atomic mass is 10.3. The Morgan fingerprint density at radius 3 is 2.33 bits per heavy atom. The van der Waals surface area contributed by atoms with Crippen LogP contribution in [0.25, 0.3) is 0 Å². The summed E-state index contributed by atoms with van der Waals surface area (Å²) in [7, 11) is 0. The zero-order valence-electron chi connectivity index (χ0n) is 6.68. The summed E-state index contributed by atoms with van der Waals surface area (Å²) in [5.41, 5.74) is 0. The maximum atomic E-state index is 11.2. The van der Waals surface area contributed by atoms with Gasteiger partial charge in [-0.3, -0.25) is 4.79 Å². The number of thiol groups is 1. The molecule has 2 atom stereocenters. The summed E-state index contributed by atoms with van der Waals surface area (Å²) < 4.78 is 0. The number of aliphatic hydroxyl groups excluding tert-OH is 2. The van der Waals surface area contributed by atoms with Crippen molar-refractivity contribution in [3.05, 3.63) is 0 Å². The molecule has 0 spiro atoms. The highest BCUT2D eigenvalue weighted by Crippen LogP contribution is 2.11. The van der Waals surface area contributed by atoms with Crippen molar-refractivity contribution in [3.8, 4) is 0 Å². The second kappa shape index (κ2) is 4.11. The van der Waals surface area contributed by atoms with Gasteiger partial charge in [-0.1, -0.05) is 0 Å². The van der Waals surface area contributed by atoms with Gasteiger partial charge in [0.15, 0.2) is 0 Å². The van der Waals surface area contributed by atoms with E-state index in [9.17, 15) is 4.79 Å². The quantitative estimate of drug-likeness (QED) is 0.484. The largest absolute Gasteiger partial charge is 0.388 e. The lowest BCUT2D eigenvalue weighted by molar-refractivity contribution is -0.130. The summed E-state index contributed by atoms with van der Waals surface area (Å²) in [6.45, 7) is 0.488. The van der Waals surface area contributed by atoms with Gasteiger partial charge >= 0.3 is 0 Å². The van der Waals surface area contributed by atoms with E-state index in [4.69, 9.17) is 10.2 Å². The molecule has 1 aliphatic heterocycles. The van der Waals surface area contributed by atoms with Crippen molar-refractivity contribution in [2.45, 2.75) is 18.6 Å². The van der Waals surface area contributed by atoms with Gasteiger partial charge in [0.2, 0.25) is 5.91 Å². The van der Waals surface area contributed by atoms with Crippen molar-refractivity contribution in [3.63, 3.8) is 0 Å². The number of aliphatic hydroxyl groups is 2. The minimum Gasteiger partial charge on any atom is -0.388 e. The van der Waals surface area contributed by atoms with Crippen LogP contribution in [0.2, 0.25) is 0 Å². The number of nitrogens with zero attached hydrogens (tertiary/aromatic N) is 1. The van der Waals surface area contributed by atoms with Gasteiger partial charge in [0.1, 0.15) is 0 Å². The third-order valence-corrected chi connectivity index (χ3v) is 2.16. The van der Waals surface area contributed by atoms with Crippen LogP contribution in [0, 0.1) is 0 Å². The zero-order chi connectivity index (χ0) is 9.14. The molecule has 0 radical (unpaired) electrons. The van der Waals surface area contributed by atoms with E-state index in [1.807, 2.05) is 0 Å². The fraction of sp³-hybridized carbons (Fsp3) is 0.857. The highest BCUT2D eigenvalue weighted by atomic mass is 32.1. The highest BCUT2D eigenvalue weighted by molar-refractivity contribution is 7.80. The van der Waals surface area contributed by atoms with Gasteiger partial charge in [-0.05, 0) is 5.75 Å². The van der Waals surface area contributed by atoms with Gasteiger partial charge in [0, 0.05) is 19.5 Å². The van der Waals surface area contributed by atoms with Crippen LogP contribution >= 0.6 is 12.6 Å². The third-order valence-electron chi connectivity index (χ3n) is 1.94. The standard InChI is InChI=1S/C7H13NO3S/c9-5-3-8(4-6(5)10)7(11)1-2-12/h5-6,9-10,12H,1-4H2. The van der Waals surface area contributed by atoms with Crippen LogP contribution < -0.4 is 0 Å². The normalized spacial score (nSPS) is 29.4. The zero-order valence-corrected chi connectivity index (χ0v) is 7.57. The molecule has 2 N–H and O–H groups in total. The lowest BCUT2D eigenvalue weighted by Gasteiger charge is -2.13. The number of β-amino-alcohol motifs (C(OH)–C–C–N with tert-alkyl or cyclic N) is 2. The van der Waals surface area contributed by atoms with Crippen molar-refractivity contribution in [2.75, 3.05) is 18.8 Å². The van der Waals surface area contributed by atoms with Gasteiger partial charge in [0.05, 0.1) is 12.2 Å². The van der Waals surface area contributed by atoms with E-state index in [0.29, 0.717) is 12.2 Å². The molecule has 0 aromatic rings.